The molecule has 0 spiro atoms. The van der Waals surface area contributed by atoms with Crippen LogP contribution in [0.15, 0.2) is 41.7 Å². The van der Waals surface area contributed by atoms with Gasteiger partial charge in [-0.2, -0.15) is 5.10 Å². The Labute approximate surface area is 192 Å². The second-order valence-corrected chi connectivity index (χ2v) is 9.13. The highest BCUT2D eigenvalue weighted by Gasteiger charge is 2.25. The van der Waals surface area contributed by atoms with Crippen molar-refractivity contribution in [2.45, 2.75) is 57.3 Å². The van der Waals surface area contributed by atoms with Crippen molar-refractivity contribution in [2.24, 2.45) is 12.0 Å². The molecule has 2 fully saturated rings. The summed E-state index contributed by atoms with van der Waals surface area (Å²) in [5.41, 5.74) is 3.86. The van der Waals surface area contributed by atoms with Crippen LogP contribution in [0.25, 0.3) is 0 Å². The van der Waals surface area contributed by atoms with Crippen LogP contribution in [0.5, 0.6) is 0 Å². The number of hydrogen-bond acceptors (Lipinski definition) is 4. The maximum atomic E-state index is 6.00. The number of nitrogens with zero attached hydrogens (tertiary/aromatic N) is 5. The van der Waals surface area contributed by atoms with Gasteiger partial charge in [-0.1, -0.05) is 43.5 Å². The zero-order chi connectivity index (χ0) is 22.3. The van der Waals surface area contributed by atoms with Gasteiger partial charge in [-0.3, -0.25) is 14.6 Å². The Morgan fingerprint density at radius 2 is 2.00 bits per heavy atom. The molecule has 0 bridgehead atoms. The predicted molar refractivity (Wildman–Crippen MR) is 128 cm³/mol. The average Bonchev–Trinajstić information content (AvgIpc) is 3.27. The van der Waals surface area contributed by atoms with Gasteiger partial charge in [-0.05, 0) is 31.0 Å². The number of rotatable bonds is 6. The van der Waals surface area contributed by atoms with Gasteiger partial charge in [0.1, 0.15) is 6.10 Å². The van der Waals surface area contributed by atoms with Gasteiger partial charge in [0.05, 0.1) is 19.3 Å². The molecule has 2 aromatic rings. The van der Waals surface area contributed by atoms with Crippen molar-refractivity contribution in [3.05, 3.63) is 53.3 Å². The summed E-state index contributed by atoms with van der Waals surface area (Å²) >= 11 is 0. The summed E-state index contributed by atoms with van der Waals surface area (Å²) < 4.78 is 7.83. The first-order chi connectivity index (χ1) is 15.6. The Balaban J connectivity index is 1.37. The smallest absolute Gasteiger partial charge is 0.194 e. The first kappa shape index (κ1) is 22.8. The lowest BCUT2D eigenvalue weighted by Crippen LogP contribution is -2.48. The Morgan fingerprint density at radius 3 is 2.72 bits per heavy atom. The van der Waals surface area contributed by atoms with Crippen molar-refractivity contribution in [1.29, 1.82) is 0 Å². The summed E-state index contributed by atoms with van der Waals surface area (Å²) in [5, 5.41) is 7.90. The predicted octanol–water partition coefficient (Wildman–Crippen LogP) is 3.33. The number of nitrogens with one attached hydrogen (secondary N) is 1. The molecule has 4 rings (SSSR count). The summed E-state index contributed by atoms with van der Waals surface area (Å²) in [6.07, 6.45) is 10.7. The molecule has 32 heavy (non-hydrogen) atoms. The molecule has 7 heteroatoms. The first-order valence-corrected chi connectivity index (χ1v) is 12.0. The van der Waals surface area contributed by atoms with E-state index < -0.39 is 0 Å². The van der Waals surface area contributed by atoms with Gasteiger partial charge in [0.15, 0.2) is 5.96 Å². The monoisotopic (exact) mass is 438 g/mol. The van der Waals surface area contributed by atoms with Crippen LogP contribution in [0.4, 0.5) is 0 Å². The molecule has 0 amide bonds. The zero-order valence-electron chi connectivity index (χ0n) is 19.8. The second-order valence-electron chi connectivity index (χ2n) is 9.13. The molecule has 2 aliphatic rings. The van der Waals surface area contributed by atoms with Crippen molar-refractivity contribution in [3.63, 3.8) is 0 Å². The minimum absolute atomic E-state index is 0.0208. The second kappa shape index (κ2) is 11.0. The molecular weight excluding hydrogens is 400 g/mol. The SMILES string of the molecule is CN=C(NCc1ccccc1CN(C)C1CCCCC1)N1CCOC(c2cnn(C)c2)C1. The molecule has 2 heterocycles. The highest BCUT2D eigenvalue weighted by Crippen LogP contribution is 2.24. The minimum atomic E-state index is 0.0208. The van der Waals surface area contributed by atoms with E-state index in [9.17, 15) is 0 Å². The number of morpholine rings is 1. The highest BCUT2D eigenvalue weighted by molar-refractivity contribution is 5.80. The molecular formula is C25H38N6O. The van der Waals surface area contributed by atoms with Crippen LogP contribution >= 0.6 is 0 Å². The van der Waals surface area contributed by atoms with E-state index in [0.29, 0.717) is 6.61 Å². The van der Waals surface area contributed by atoms with Crippen LogP contribution in [0.3, 0.4) is 0 Å². The molecule has 1 N–H and O–H groups in total. The van der Waals surface area contributed by atoms with Crippen LogP contribution in [0.1, 0.15) is 54.9 Å². The lowest BCUT2D eigenvalue weighted by molar-refractivity contribution is -0.00805. The molecule has 1 aliphatic heterocycles. The fraction of sp³-hybridized carbons (Fsp3) is 0.600. The topological polar surface area (TPSA) is 57.9 Å². The zero-order valence-corrected chi connectivity index (χ0v) is 19.8. The van der Waals surface area contributed by atoms with Crippen molar-refractivity contribution < 1.29 is 4.74 Å². The summed E-state index contributed by atoms with van der Waals surface area (Å²) in [6, 6.07) is 9.52. The van der Waals surface area contributed by atoms with E-state index in [4.69, 9.17) is 4.74 Å². The molecule has 0 radical (unpaired) electrons. The molecule has 7 nitrogen and oxygen atoms in total. The Bertz CT molecular complexity index is 888. The van der Waals surface area contributed by atoms with Crippen molar-refractivity contribution in [2.75, 3.05) is 33.8 Å². The number of aliphatic imine (C=N–C) groups is 1. The molecule has 1 aromatic carbocycles. The fourth-order valence-corrected chi connectivity index (χ4v) is 4.96. The Hall–Kier alpha value is -2.38. The molecule has 1 aromatic heterocycles. The van der Waals surface area contributed by atoms with E-state index in [1.165, 1.54) is 43.2 Å². The van der Waals surface area contributed by atoms with Crippen LogP contribution in [-0.4, -0.2) is 65.4 Å². The maximum absolute atomic E-state index is 6.00. The number of ether oxygens (including phenoxy) is 1. The third-order valence-corrected chi connectivity index (χ3v) is 6.85. The molecule has 1 unspecified atom stereocenters. The fourth-order valence-electron chi connectivity index (χ4n) is 4.96. The van der Waals surface area contributed by atoms with Gasteiger partial charge >= 0.3 is 0 Å². The normalized spacial score (nSPS) is 20.7. The number of hydrogen-bond donors (Lipinski definition) is 1. The van der Waals surface area contributed by atoms with Crippen LogP contribution in [0, 0.1) is 0 Å². The summed E-state index contributed by atoms with van der Waals surface area (Å²) in [6.45, 7) is 4.07. The van der Waals surface area contributed by atoms with Crippen molar-refractivity contribution >= 4 is 5.96 Å². The van der Waals surface area contributed by atoms with Gasteiger partial charge < -0.3 is 15.0 Å². The van der Waals surface area contributed by atoms with Gasteiger partial charge in [0.25, 0.3) is 0 Å². The maximum Gasteiger partial charge on any atom is 0.194 e. The molecule has 1 saturated carbocycles. The van der Waals surface area contributed by atoms with E-state index >= 15 is 0 Å². The number of benzene rings is 1. The lowest BCUT2D eigenvalue weighted by atomic mass is 9.94. The third kappa shape index (κ3) is 5.70. The van der Waals surface area contributed by atoms with Gasteiger partial charge in [0.2, 0.25) is 0 Å². The molecule has 174 valence electrons. The lowest BCUT2D eigenvalue weighted by Gasteiger charge is -2.35. The van der Waals surface area contributed by atoms with Crippen molar-refractivity contribution in [1.82, 2.24) is 24.9 Å². The molecule has 1 aliphatic carbocycles. The summed E-state index contributed by atoms with van der Waals surface area (Å²) in [7, 11) is 6.08. The van der Waals surface area contributed by atoms with Gasteiger partial charge in [0, 0.05) is 51.5 Å². The van der Waals surface area contributed by atoms with E-state index in [2.05, 4.69) is 56.5 Å². The highest BCUT2D eigenvalue weighted by atomic mass is 16.5. The van der Waals surface area contributed by atoms with Gasteiger partial charge in [-0.25, -0.2) is 0 Å². The third-order valence-electron chi connectivity index (χ3n) is 6.85. The van der Waals surface area contributed by atoms with E-state index in [0.717, 1.165) is 43.7 Å². The Morgan fingerprint density at radius 1 is 1.22 bits per heavy atom. The summed E-state index contributed by atoms with van der Waals surface area (Å²) in [4.78, 5) is 9.41. The number of guanidine groups is 1. The van der Waals surface area contributed by atoms with Crippen LogP contribution < -0.4 is 5.32 Å². The van der Waals surface area contributed by atoms with Crippen LogP contribution in [0.2, 0.25) is 0 Å². The minimum Gasteiger partial charge on any atom is -0.370 e. The number of aryl methyl sites for hydroxylation is 1. The van der Waals surface area contributed by atoms with E-state index in [-0.39, 0.29) is 6.10 Å². The van der Waals surface area contributed by atoms with Crippen molar-refractivity contribution in [3.8, 4) is 0 Å². The molecule has 1 atom stereocenters. The average molecular weight is 439 g/mol. The largest absolute Gasteiger partial charge is 0.370 e. The van der Waals surface area contributed by atoms with E-state index in [1.54, 1.807) is 0 Å². The van der Waals surface area contributed by atoms with Gasteiger partial charge in [-0.15, -0.1) is 0 Å². The number of aromatic nitrogens is 2. The van der Waals surface area contributed by atoms with Crippen LogP contribution in [-0.2, 0) is 24.9 Å². The summed E-state index contributed by atoms with van der Waals surface area (Å²) in [5.74, 6) is 0.928. The standard InChI is InChI=1S/C25H38N6O/c1-26-25(31-13-14-32-24(19-31)22-16-28-30(3)18-22)27-15-20-9-7-8-10-21(20)17-29(2)23-11-5-4-6-12-23/h7-10,16,18,23-24H,4-6,11-15,17,19H2,1-3H3,(H,26,27). The molecule has 1 saturated heterocycles. The Kier molecular flexibility index (Phi) is 7.81. The van der Waals surface area contributed by atoms with E-state index in [1.807, 2.05) is 31.2 Å². The quantitative estimate of drug-likeness (QED) is 0.554. The first-order valence-electron chi connectivity index (χ1n) is 12.0.